The molecule has 2 aromatic rings. The minimum absolute atomic E-state index is 0. The number of anilines is 1. The summed E-state index contributed by atoms with van der Waals surface area (Å²) < 4.78 is 6.59. The van der Waals surface area contributed by atoms with Gasteiger partial charge in [0.1, 0.15) is 0 Å². The highest BCUT2D eigenvalue weighted by atomic mass is 79.9. The molecule has 134 valence electrons. The quantitative estimate of drug-likeness (QED) is 0.730. The van der Waals surface area contributed by atoms with Gasteiger partial charge in [-0.1, -0.05) is 28.1 Å². The van der Waals surface area contributed by atoms with Crippen molar-refractivity contribution in [1.29, 1.82) is 0 Å². The molecule has 0 bridgehead atoms. The number of hydrogen-bond acceptors (Lipinski definition) is 3. The van der Waals surface area contributed by atoms with Gasteiger partial charge in [0.05, 0.1) is 0 Å². The van der Waals surface area contributed by atoms with Gasteiger partial charge in [-0.25, -0.2) is 0 Å². The summed E-state index contributed by atoms with van der Waals surface area (Å²) in [6.45, 7) is 2.02. The zero-order valence-corrected chi connectivity index (χ0v) is 16.2. The third-order valence-electron chi connectivity index (χ3n) is 4.65. The lowest BCUT2D eigenvalue weighted by Gasteiger charge is -2.38. The molecule has 3 rings (SSSR count). The van der Waals surface area contributed by atoms with Crippen molar-refractivity contribution in [3.8, 4) is 0 Å². The fourth-order valence-electron chi connectivity index (χ4n) is 3.13. The molecule has 0 atom stereocenters. The van der Waals surface area contributed by atoms with E-state index in [0.717, 1.165) is 17.3 Å². The van der Waals surface area contributed by atoms with Gasteiger partial charge in [-0.2, -0.15) is 0 Å². The monoisotopic (exact) mass is 424 g/mol. The smallest absolute Gasteiger partial charge is 0.251 e. The maximum atomic E-state index is 12.4. The first-order valence-electron chi connectivity index (χ1n) is 8.07. The number of halogens is 2. The minimum atomic E-state index is -0.0918. The third-order valence-corrected chi connectivity index (χ3v) is 5.14. The molecule has 25 heavy (non-hydrogen) atoms. The Balaban J connectivity index is 0.00000225. The molecular formula is C19H22BrClN2O2. The fraction of sp³-hybridized carbons (Fsp3) is 0.316. The third kappa shape index (κ3) is 4.75. The number of amides is 1. The van der Waals surface area contributed by atoms with Gasteiger partial charge in [0.15, 0.2) is 0 Å². The normalized spacial score (nSPS) is 15.9. The van der Waals surface area contributed by atoms with Gasteiger partial charge in [0.25, 0.3) is 5.91 Å². The Kier molecular flexibility index (Phi) is 6.87. The predicted molar refractivity (Wildman–Crippen MR) is 106 cm³/mol. The first-order chi connectivity index (χ1) is 11.6. The summed E-state index contributed by atoms with van der Waals surface area (Å²) in [5, 5.41) is 3.10. The Morgan fingerprint density at radius 2 is 1.84 bits per heavy atom. The van der Waals surface area contributed by atoms with Crippen LogP contribution in [0.15, 0.2) is 53.0 Å². The van der Waals surface area contributed by atoms with E-state index in [1.165, 1.54) is 5.56 Å². The molecule has 1 aliphatic heterocycles. The van der Waals surface area contributed by atoms with Crippen LogP contribution in [0, 0.1) is 0 Å². The van der Waals surface area contributed by atoms with Gasteiger partial charge in [0.2, 0.25) is 0 Å². The van der Waals surface area contributed by atoms with Crippen LogP contribution in [0.3, 0.4) is 0 Å². The van der Waals surface area contributed by atoms with Crippen LogP contribution in [0.5, 0.6) is 0 Å². The van der Waals surface area contributed by atoms with Gasteiger partial charge < -0.3 is 15.8 Å². The highest BCUT2D eigenvalue weighted by Gasteiger charge is 2.35. The molecule has 0 unspecified atom stereocenters. The van der Waals surface area contributed by atoms with Crippen LogP contribution in [-0.2, 0) is 10.2 Å². The molecular weight excluding hydrogens is 404 g/mol. The summed E-state index contributed by atoms with van der Waals surface area (Å²) in [6.07, 6.45) is 1.79. The second-order valence-corrected chi connectivity index (χ2v) is 7.12. The summed E-state index contributed by atoms with van der Waals surface area (Å²) in [5.74, 6) is -0.0733. The molecule has 1 fully saturated rings. The van der Waals surface area contributed by atoms with Crippen molar-refractivity contribution in [2.75, 3.05) is 25.5 Å². The van der Waals surface area contributed by atoms with E-state index in [4.69, 9.17) is 10.5 Å². The maximum Gasteiger partial charge on any atom is 0.251 e. The van der Waals surface area contributed by atoms with Gasteiger partial charge >= 0.3 is 0 Å². The van der Waals surface area contributed by atoms with E-state index in [-0.39, 0.29) is 23.7 Å². The molecule has 0 saturated carbocycles. The highest BCUT2D eigenvalue weighted by Crippen LogP contribution is 2.35. The lowest BCUT2D eigenvalue weighted by atomic mass is 9.74. The first-order valence-corrected chi connectivity index (χ1v) is 8.86. The molecule has 3 N–H and O–H groups in total. The predicted octanol–water partition coefficient (Wildman–Crippen LogP) is 3.93. The maximum absolute atomic E-state index is 12.4. The van der Waals surface area contributed by atoms with E-state index < -0.39 is 0 Å². The number of benzene rings is 2. The molecule has 1 heterocycles. The number of nitrogens with two attached hydrogens (primary N) is 1. The summed E-state index contributed by atoms with van der Waals surface area (Å²) in [7, 11) is 0. The van der Waals surface area contributed by atoms with Crippen molar-refractivity contribution in [2.24, 2.45) is 0 Å². The summed E-state index contributed by atoms with van der Waals surface area (Å²) >= 11 is 3.55. The lowest BCUT2D eigenvalue weighted by molar-refractivity contribution is 0.0487. The number of ether oxygens (including phenoxy) is 1. The van der Waals surface area contributed by atoms with E-state index in [1.54, 1.807) is 24.3 Å². The molecule has 1 amide bonds. The van der Waals surface area contributed by atoms with Crippen LogP contribution in [0.2, 0.25) is 0 Å². The van der Waals surface area contributed by atoms with E-state index in [1.807, 2.05) is 12.1 Å². The number of rotatable bonds is 4. The van der Waals surface area contributed by atoms with Gasteiger partial charge in [-0.3, -0.25) is 4.79 Å². The van der Waals surface area contributed by atoms with E-state index in [9.17, 15) is 4.79 Å². The number of nitrogens with one attached hydrogen (secondary N) is 1. The van der Waals surface area contributed by atoms with E-state index in [0.29, 0.717) is 31.0 Å². The molecule has 0 aromatic heterocycles. The molecule has 0 spiro atoms. The Hall–Kier alpha value is -1.56. The van der Waals surface area contributed by atoms with Crippen LogP contribution in [0.25, 0.3) is 0 Å². The van der Waals surface area contributed by atoms with Crippen molar-refractivity contribution in [2.45, 2.75) is 18.3 Å². The molecule has 6 heteroatoms. The molecule has 0 radical (unpaired) electrons. The molecule has 2 aromatic carbocycles. The zero-order chi connectivity index (χ0) is 17.0. The number of carbonyl (C=O) groups is 1. The standard InChI is InChI=1S/C19H21BrN2O2.ClH/c20-16-3-1-2-15(12-16)19(8-10-24-11-9-19)13-22-18(23)14-4-6-17(21)7-5-14;/h1-7,12H,8-11,13,21H2,(H,22,23);1H. The van der Waals surface area contributed by atoms with E-state index >= 15 is 0 Å². The van der Waals surface area contributed by atoms with Crippen molar-refractivity contribution in [3.63, 3.8) is 0 Å². The summed E-state index contributed by atoms with van der Waals surface area (Å²) in [5.41, 5.74) is 8.10. The van der Waals surface area contributed by atoms with E-state index in [2.05, 4.69) is 33.4 Å². The Morgan fingerprint density at radius 3 is 2.48 bits per heavy atom. The SMILES string of the molecule is Cl.Nc1ccc(C(=O)NCC2(c3cccc(Br)c3)CCOCC2)cc1. The van der Waals surface area contributed by atoms with Crippen LogP contribution in [-0.4, -0.2) is 25.7 Å². The first kappa shape index (κ1) is 19.8. The Labute approximate surface area is 162 Å². The molecule has 1 saturated heterocycles. The Bertz CT molecular complexity index is 716. The van der Waals surface area contributed by atoms with Crippen LogP contribution >= 0.6 is 28.3 Å². The lowest BCUT2D eigenvalue weighted by Crippen LogP contribution is -2.44. The average Bonchev–Trinajstić information content (AvgIpc) is 2.61. The van der Waals surface area contributed by atoms with Crippen molar-refractivity contribution >= 4 is 39.9 Å². The van der Waals surface area contributed by atoms with Crippen LogP contribution in [0.4, 0.5) is 5.69 Å². The van der Waals surface area contributed by atoms with Crippen LogP contribution < -0.4 is 11.1 Å². The fourth-order valence-corrected chi connectivity index (χ4v) is 3.53. The van der Waals surface area contributed by atoms with Crippen molar-refractivity contribution < 1.29 is 9.53 Å². The van der Waals surface area contributed by atoms with Gasteiger partial charge in [-0.15, -0.1) is 12.4 Å². The number of nitrogen functional groups attached to an aromatic ring is 1. The van der Waals surface area contributed by atoms with Gasteiger partial charge in [0, 0.05) is 40.9 Å². The highest BCUT2D eigenvalue weighted by molar-refractivity contribution is 9.10. The molecule has 0 aliphatic carbocycles. The van der Waals surface area contributed by atoms with Crippen molar-refractivity contribution in [1.82, 2.24) is 5.32 Å². The molecule has 1 aliphatic rings. The van der Waals surface area contributed by atoms with Crippen molar-refractivity contribution in [3.05, 3.63) is 64.1 Å². The zero-order valence-electron chi connectivity index (χ0n) is 13.8. The minimum Gasteiger partial charge on any atom is -0.399 e. The topological polar surface area (TPSA) is 64.4 Å². The average molecular weight is 426 g/mol. The summed E-state index contributed by atoms with van der Waals surface area (Å²) in [6, 6.07) is 15.3. The number of hydrogen-bond donors (Lipinski definition) is 2. The molecule has 4 nitrogen and oxygen atoms in total. The Morgan fingerprint density at radius 1 is 1.16 bits per heavy atom. The van der Waals surface area contributed by atoms with Crippen LogP contribution in [0.1, 0.15) is 28.8 Å². The van der Waals surface area contributed by atoms with Gasteiger partial charge in [-0.05, 0) is 54.8 Å². The second-order valence-electron chi connectivity index (χ2n) is 6.21. The summed E-state index contributed by atoms with van der Waals surface area (Å²) in [4.78, 5) is 12.4. The largest absolute Gasteiger partial charge is 0.399 e. The second kappa shape index (κ2) is 8.70. The number of carbonyl (C=O) groups excluding carboxylic acids is 1.